The molecule has 0 aliphatic carbocycles. The van der Waals surface area contributed by atoms with E-state index in [1.165, 1.54) is 0 Å². The van der Waals surface area contributed by atoms with E-state index < -0.39 is 0 Å². The number of rotatable bonds is 5. The molecule has 0 heterocycles. The van der Waals surface area contributed by atoms with Gasteiger partial charge in [0.15, 0.2) is 0 Å². The zero-order chi connectivity index (χ0) is 8.91. The first-order chi connectivity index (χ1) is 5.10. The van der Waals surface area contributed by atoms with Gasteiger partial charge in [0.25, 0.3) is 0 Å². The van der Waals surface area contributed by atoms with Gasteiger partial charge in [-0.15, -0.1) is 6.58 Å². The van der Waals surface area contributed by atoms with Gasteiger partial charge in [-0.05, 0) is 20.3 Å². The molecule has 0 amide bonds. The van der Waals surface area contributed by atoms with E-state index >= 15 is 0 Å². The average molecular weight is 157 g/mol. The molecule has 0 rings (SSSR count). The first kappa shape index (κ1) is 10.7. The van der Waals surface area contributed by atoms with Crippen LogP contribution in [0.25, 0.3) is 0 Å². The van der Waals surface area contributed by atoms with Crippen LogP contribution in [0.2, 0.25) is 0 Å². The van der Waals surface area contributed by atoms with Crippen LogP contribution in [0.1, 0.15) is 27.2 Å². The Kier molecular flexibility index (Phi) is 4.38. The maximum atomic E-state index is 5.81. The van der Waals surface area contributed by atoms with Gasteiger partial charge in [-0.3, -0.25) is 0 Å². The van der Waals surface area contributed by atoms with Gasteiger partial charge in [-0.2, -0.15) is 0 Å². The summed E-state index contributed by atoms with van der Waals surface area (Å²) in [6.07, 6.45) is 2.65. The van der Waals surface area contributed by atoms with Crippen molar-refractivity contribution in [3.63, 3.8) is 0 Å². The molecule has 2 N–H and O–H groups in total. The van der Waals surface area contributed by atoms with Crippen molar-refractivity contribution in [3.8, 4) is 0 Å². The van der Waals surface area contributed by atoms with Gasteiger partial charge in [-0.25, -0.2) is 0 Å². The first-order valence-corrected chi connectivity index (χ1v) is 4.12. The lowest BCUT2D eigenvalue weighted by atomic mass is 9.94. The summed E-state index contributed by atoms with van der Waals surface area (Å²) in [6, 6.07) is -0.0764. The van der Waals surface area contributed by atoms with Crippen LogP contribution in [0.15, 0.2) is 12.7 Å². The fourth-order valence-corrected chi connectivity index (χ4v) is 1.01. The van der Waals surface area contributed by atoms with Crippen LogP contribution in [0.4, 0.5) is 0 Å². The lowest BCUT2D eigenvalue weighted by Crippen LogP contribution is -2.46. The molecule has 0 aromatic heterocycles. The Labute approximate surface area is 69.4 Å². The highest BCUT2D eigenvalue weighted by Crippen LogP contribution is 2.18. The fraction of sp³-hybridized carbons (Fsp3) is 0.778. The maximum absolute atomic E-state index is 5.81. The van der Waals surface area contributed by atoms with Crippen LogP contribution in [0.3, 0.4) is 0 Å². The summed E-state index contributed by atoms with van der Waals surface area (Å²) in [5.74, 6) is 0. The molecule has 0 radical (unpaired) electrons. The van der Waals surface area contributed by atoms with Crippen LogP contribution in [-0.4, -0.2) is 18.2 Å². The summed E-state index contributed by atoms with van der Waals surface area (Å²) in [7, 11) is 0. The topological polar surface area (TPSA) is 35.2 Å². The monoisotopic (exact) mass is 157 g/mol. The Morgan fingerprint density at radius 3 is 2.45 bits per heavy atom. The molecule has 0 aromatic rings. The van der Waals surface area contributed by atoms with Crippen molar-refractivity contribution in [1.82, 2.24) is 0 Å². The largest absolute Gasteiger partial charge is 0.374 e. The molecule has 0 saturated heterocycles. The summed E-state index contributed by atoms with van der Waals surface area (Å²) in [5, 5.41) is 0. The van der Waals surface area contributed by atoms with Crippen LogP contribution < -0.4 is 5.73 Å². The number of hydrogen-bond donors (Lipinski definition) is 1. The third-order valence-corrected chi connectivity index (χ3v) is 2.14. The highest BCUT2D eigenvalue weighted by molar-refractivity contribution is 4.97. The minimum Gasteiger partial charge on any atom is -0.374 e. The molecule has 0 saturated carbocycles. The lowest BCUT2D eigenvalue weighted by molar-refractivity contribution is -0.0361. The van der Waals surface area contributed by atoms with Crippen LogP contribution >= 0.6 is 0 Å². The summed E-state index contributed by atoms with van der Waals surface area (Å²) in [6.45, 7) is 10.4. The Bertz CT molecular complexity index is 125. The maximum Gasteiger partial charge on any atom is 0.0837 e. The average Bonchev–Trinajstić information content (AvgIpc) is 2.03. The first-order valence-electron chi connectivity index (χ1n) is 4.12. The second-order valence-corrected chi connectivity index (χ2v) is 2.86. The summed E-state index contributed by atoms with van der Waals surface area (Å²) >= 11 is 0. The van der Waals surface area contributed by atoms with Crippen molar-refractivity contribution in [2.75, 3.05) is 6.61 Å². The molecule has 0 aliphatic rings. The lowest BCUT2D eigenvalue weighted by Gasteiger charge is -2.32. The Balaban J connectivity index is 4.18. The molecule has 2 unspecified atom stereocenters. The van der Waals surface area contributed by atoms with E-state index in [2.05, 4.69) is 13.5 Å². The van der Waals surface area contributed by atoms with Crippen molar-refractivity contribution in [1.29, 1.82) is 0 Å². The predicted molar refractivity (Wildman–Crippen MR) is 48.5 cm³/mol. The van der Waals surface area contributed by atoms with Crippen molar-refractivity contribution in [2.45, 2.75) is 38.8 Å². The molecule has 0 aromatic carbocycles. The number of hydrogen-bond acceptors (Lipinski definition) is 2. The van der Waals surface area contributed by atoms with Gasteiger partial charge < -0.3 is 10.5 Å². The Morgan fingerprint density at radius 1 is 1.64 bits per heavy atom. The number of ether oxygens (including phenoxy) is 1. The normalized spacial score (nSPS) is 18.9. The van der Waals surface area contributed by atoms with Gasteiger partial charge in [0.2, 0.25) is 0 Å². The van der Waals surface area contributed by atoms with Gasteiger partial charge in [0.1, 0.15) is 0 Å². The second kappa shape index (κ2) is 4.52. The molecule has 66 valence electrons. The molecular weight excluding hydrogens is 138 g/mol. The van der Waals surface area contributed by atoms with Crippen molar-refractivity contribution in [2.24, 2.45) is 5.73 Å². The predicted octanol–water partition coefficient (Wildman–Crippen LogP) is 1.70. The van der Waals surface area contributed by atoms with Crippen molar-refractivity contribution < 1.29 is 4.74 Å². The van der Waals surface area contributed by atoms with Crippen molar-refractivity contribution >= 4 is 0 Å². The van der Waals surface area contributed by atoms with E-state index in [1.54, 1.807) is 6.08 Å². The molecule has 0 aliphatic heterocycles. The Hall–Kier alpha value is -0.340. The van der Waals surface area contributed by atoms with Gasteiger partial charge in [0.05, 0.1) is 11.6 Å². The molecule has 0 fully saturated rings. The molecule has 11 heavy (non-hydrogen) atoms. The minimum absolute atomic E-state index is 0.0764. The smallest absolute Gasteiger partial charge is 0.0837 e. The van der Waals surface area contributed by atoms with E-state index in [0.29, 0.717) is 6.61 Å². The summed E-state index contributed by atoms with van der Waals surface area (Å²) in [5.41, 5.74) is 5.57. The molecular formula is C9H19NO. The van der Waals surface area contributed by atoms with E-state index in [9.17, 15) is 0 Å². The number of nitrogens with two attached hydrogens (primary N) is 1. The zero-order valence-electron chi connectivity index (χ0n) is 7.76. The van der Waals surface area contributed by atoms with E-state index in [-0.39, 0.29) is 11.6 Å². The van der Waals surface area contributed by atoms with E-state index in [4.69, 9.17) is 10.5 Å². The van der Waals surface area contributed by atoms with Gasteiger partial charge >= 0.3 is 0 Å². The van der Waals surface area contributed by atoms with Crippen LogP contribution in [-0.2, 0) is 4.74 Å². The zero-order valence-corrected chi connectivity index (χ0v) is 7.76. The Morgan fingerprint density at radius 2 is 2.18 bits per heavy atom. The SMILES string of the molecule is C=CC(N)C(C)(CC)OCC. The second-order valence-electron chi connectivity index (χ2n) is 2.86. The van der Waals surface area contributed by atoms with E-state index in [0.717, 1.165) is 6.42 Å². The highest BCUT2D eigenvalue weighted by Gasteiger charge is 2.27. The molecule has 2 nitrogen and oxygen atoms in total. The third-order valence-electron chi connectivity index (χ3n) is 2.14. The van der Waals surface area contributed by atoms with Crippen LogP contribution in [0.5, 0.6) is 0 Å². The molecule has 2 heteroatoms. The molecule has 0 spiro atoms. The highest BCUT2D eigenvalue weighted by atomic mass is 16.5. The van der Waals surface area contributed by atoms with Crippen molar-refractivity contribution in [3.05, 3.63) is 12.7 Å². The van der Waals surface area contributed by atoms with Crippen LogP contribution in [0, 0.1) is 0 Å². The standard InChI is InChI=1S/C9H19NO/c1-5-8(10)9(4,6-2)11-7-3/h5,8H,1,6-7,10H2,2-4H3. The minimum atomic E-state index is -0.240. The fourth-order valence-electron chi connectivity index (χ4n) is 1.01. The molecule has 2 atom stereocenters. The third kappa shape index (κ3) is 2.64. The van der Waals surface area contributed by atoms with E-state index in [1.807, 2.05) is 13.8 Å². The van der Waals surface area contributed by atoms with Gasteiger partial charge in [0, 0.05) is 6.61 Å². The summed E-state index contributed by atoms with van der Waals surface area (Å²) in [4.78, 5) is 0. The van der Waals surface area contributed by atoms with Gasteiger partial charge in [-0.1, -0.05) is 13.0 Å². The summed E-state index contributed by atoms with van der Waals surface area (Å²) < 4.78 is 5.54. The quantitative estimate of drug-likeness (QED) is 0.616. The molecule has 0 bridgehead atoms.